The summed E-state index contributed by atoms with van der Waals surface area (Å²) in [4.78, 5) is 11.2. The molecule has 4 atom stereocenters. The van der Waals surface area contributed by atoms with Crippen molar-refractivity contribution in [3.05, 3.63) is 42.2 Å². The van der Waals surface area contributed by atoms with Gasteiger partial charge in [0.2, 0.25) is 0 Å². The first-order valence-corrected chi connectivity index (χ1v) is 7.08. The maximum Gasteiger partial charge on any atom is 0.303 e. The number of rotatable bonds is 3. The van der Waals surface area contributed by atoms with Crippen molar-refractivity contribution in [1.29, 1.82) is 0 Å². The summed E-state index contributed by atoms with van der Waals surface area (Å²) in [6, 6.07) is 7.44. The predicted octanol–water partition coefficient (Wildman–Crippen LogP) is 1.95. The molecule has 1 aromatic carbocycles. The zero-order valence-corrected chi connectivity index (χ0v) is 12.4. The molecule has 6 nitrogen and oxygen atoms in total. The number of fused-ring (bicyclic) bond motifs is 1. The number of carbonyl (C=O) groups is 1. The van der Waals surface area contributed by atoms with Gasteiger partial charge >= 0.3 is 5.97 Å². The largest absolute Gasteiger partial charge is 0.497 e. The van der Waals surface area contributed by atoms with Crippen LogP contribution in [-0.4, -0.2) is 38.0 Å². The average Bonchev–Trinajstić information content (AvgIpc) is 2.54. The van der Waals surface area contributed by atoms with Gasteiger partial charge in [0.05, 0.1) is 20.0 Å². The molecule has 0 bridgehead atoms. The van der Waals surface area contributed by atoms with E-state index in [-0.39, 0.29) is 12.1 Å². The first-order valence-electron chi connectivity index (χ1n) is 7.08. The Bertz CT molecular complexity index is 552. The van der Waals surface area contributed by atoms with E-state index in [1.54, 1.807) is 13.2 Å². The highest BCUT2D eigenvalue weighted by molar-refractivity contribution is 5.66. The fourth-order valence-corrected chi connectivity index (χ4v) is 2.52. The lowest BCUT2D eigenvalue weighted by atomic mass is 10.0. The Morgan fingerprint density at radius 1 is 1.27 bits per heavy atom. The molecule has 0 radical (unpaired) electrons. The second-order valence-corrected chi connectivity index (χ2v) is 5.12. The van der Waals surface area contributed by atoms with Gasteiger partial charge in [0, 0.05) is 12.5 Å². The summed E-state index contributed by atoms with van der Waals surface area (Å²) in [6.07, 6.45) is 1.52. The summed E-state index contributed by atoms with van der Waals surface area (Å²) in [7, 11) is 1.61. The van der Waals surface area contributed by atoms with Crippen molar-refractivity contribution in [2.45, 2.75) is 31.5 Å². The highest BCUT2D eigenvalue weighted by Gasteiger charge is 2.41. The molecule has 1 saturated heterocycles. The zero-order valence-electron chi connectivity index (χ0n) is 12.4. The average molecular weight is 306 g/mol. The third-order valence-corrected chi connectivity index (χ3v) is 3.59. The Kier molecular flexibility index (Phi) is 4.31. The Morgan fingerprint density at radius 2 is 2.05 bits per heavy atom. The number of methoxy groups -OCH3 is 1. The van der Waals surface area contributed by atoms with Crippen LogP contribution in [0.4, 0.5) is 0 Å². The molecule has 0 N–H and O–H groups in total. The van der Waals surface area contributed by atoms with Crippen LogP contribution in [0.3, 0.4) is 0 Å². The van der Waals surface area contributed by atoms with E-state index in [2.05, 4.69) is 0 Å². The predicted molar refractivity (Wildman–Crippen MR) is 76.1 cm³/mol. The molecule has 22 heavy (non-hydrogen) atoms. The number of esters is 1. The second-order valence-electron chi connectivity index (χ2n) is 5.12. The van der Waals surface area contributed by atoms with Gasteiger partial charge in [0.15, 0.2) is 18.5 Å². The summed E-state index contributed by atoms with van der Waals surface area (Å²) < 4.78 is 27.5. The molecule has 0 saturated carbocycles. The van der Waals surface area contributed by atoms with Gasteiger partial charge in [-0.1, -0.05) is 12.1 Å². The van der Waals surface area contributed by atoms with Crippen LogP contribution in [0.2, 0.25) is 0 Å². The van der Waals surface area contributed by atoms with Gasteiger partial charge in [-0.05, 0) is 18.2 Å². The van der Waals surface area contributed by atoms with Crippen LogP contribution in [0.15, 0.2) is 36.6 Å². The Morgan fingerprint density at radius 3 is 2.73 bits per heavy atom. The molecule has 6 heteroatoms. The van der Waals surface area contributed by atoms with Gasteiger partial charge in [0.1, 0.15) is 11.9 Å². The Hall–Kier alpha value is -2.05. The van der Waals surface area contributed by atoms with E-state index in [1.165, 1.54) is 13.2 Å². The highest BCUT2D eigenvalue weighted by atomic mass is 16.7. The van der Waals surface area contributed by atoms with Gasteiger partial charge in [-0.25, -0.2) is 0 Å². The zero-order chi connectivity index (χ0) is 15.5. The quantitative estimate of drug-likeness (QED) is 0.795. The lowest BCUT2D eigenvalue weighted by Gasteiger charge is -2.40. The minimum Gasteiger partial charge on any atom is -0.497 e. The second kappa shape index (κ2) is 6.37. The van der Waals surface area contributed by atoms with E-state index >= 15 is 0 Å². The number of carbonyl (C=O) groups excluding carboxylic acids is 1. The van der Waals surface area contributed by atoms with E-state index in [0.717, 1.165) is 11.3 Å². The van der Waals surface area contributed by atoms with Crippen LogP contribution >= 0.6 is 0 Å². The molecule has 0 aliphatic carbocycles. The molecule has 118 valence electrons. The number of ether oxygens (including phenoxy) is 5. The number of benzene rings is 1. The summed E-state index contributed by atoms with van der Waals surface area (Å²) in [6.45, 7) is 1.74. The van der Waals surface area contributed by atoms with E-state index in [9.17, 15) is 4.79 Å². The number of hydrogen-bond donors (Lipinski definition) is 0. The molecule has 3 rings (SSSR count). The normalized spacial score (nSPS) is 30.1. The smallest absolute Gasteiger partial charge is 0.303 e. The molecule has 0 spiro atoms. The first kappa shape index (κ1) is 14.9. The van der Waals surface area contributed by atoms with Gasteiger partial charge in [-0.15, -0.1) is 0 Å². The third kappa shape index (κ3) is 3.08. The molecule has 0 amide bonds. The Balaban J connectivity index is 1.74. The first-order chi connectivity index (χ1) is 10.7. The van der Waals surface area contributed by atoms with Crippen molar-refractivity contribution in [3.8, 4) is 5.75 Å². The van der Waals surface area contributed by atoms with Crippen LogP contribution in [0.5, 0.6) is 5.75 Å². The van der Waals surface area contributed by atoms with Crippen LogP contribution < -0.4 is 4.74 Å². The van der Waals surface area contributed by atoms with E-state index in [0.29, 0.717) is 6.61 Å². The van der Waals surface area contributed by atoms with Crippen molar-refractivity contribution < 1.29 is 28.5 Å². The molecule has 2 heterocycles. The summed E-state index contributed by atoms with van der Waals surface area (Å²) >= 11 is 0. The molecule has 1 fully saturated rings. The van der Waals surface area contributed by atoms with Crippen LogP contribution in [-0.2, 0) is 23.7 Å². The maximum absolute atomic E-state index is 11.2. The van der Waals surface area contributed by atoms with Gasteiger partial charge < -0.3 is 23.7 Å². The van der Waals surface area contributed by atoms with Crippen LogP contribution in [0.25, 0.3) is 0 Å². The monoisotopic (exact) mass is 306 g/mol. The number of hydrogen-bond acceptors (Lipinski definition) is 6. The summed E-state index contributed by atoms with van der Waals surface area (Å²) in [5, 5.41) is 0. The summed E-state index contributed by atoms with van der Waals surface area (Å²) in [5.74, 6) is 0.408. The fourth-order valence-electron chi connectivity index (χ4n) is 2.52. The van der Waals surface area contributed by atoms with Crippen LogP contribution in [0.1, 0.15) is 18.8 Å². The summed E-state index contributed by atoms with van der Waals surface area (Å²) in [5.41, 5.74) is 0.871. The van der Waals surface area contributed by atoms with E-state index in [1.807, 2.05) is 24.3 Å². The topological polar surface area (TPSA) is 63.2 Å². The van der Waals surface area contributed by atoms with Crippen molar-refractivity contribution in [2.75, 3.05) is 13.7 Å². The Labute approximate surface area is 128 Å². The minimum absolute atomic E-state index is 0.288. The van der Waals surface area contributed by atoms with Gasteiger partial charge in [0.25, 0.3) is 0 Å². The lowest BCUT2D eigenvalue weighted by Crippen LogP contribution is -2.50. The molecule has 2 aliphatic rings. The lowest BCUT2D eigenvalue weighted by molar-refractivity contribution is -0.278. The van der Waals surface area contributed by atoms with Crippen molar-refractivity contribution in [1.82, 2.24) is 0 Å². The fraction of sp³-hybridized carbons (Fsp3) is 0.438. The van der Waals surface area contributed by atoms with Gasteiger partial charge in [-0.3, -0.25) is 4.79 Å². The van der Waals surface area contributed by atoms with Crippen molar-refractivity contribution >= 4 is 5.97 Å². The van der Waals surface area contributed by atoms with Crippen molar-refractivity contribution in [2.24, 2.45) is 0 Å². The van der Waals surface area contributed by atoms with Gasteiger partial charge in [-0.2, -0.15) is 0 Å². The molecular formula is C16H18O6. The third-order valence-electron chi connectivity index (χ3n) is 3.59. The standard InChI is InChI=1S/C16H18O6/c1-10(17)21-13-7-8-19-14-9-20-16(22-15(13)14)11-3-5-12(18-2)6-4-11/h3-8,13-16H,9H2,1-2H3/t13-,14-,15+,16-/m1/s1. The maximum atomic E-state index is 11.2. The molecule has 0 aromatic heterocycles. The van der Waals surface area contributed by atoms with Crippen LogP contribution in [0, 0.1) is 0 Å². The molecule has 2 aliphatic heterocycles. The molecule has 1 aromatic rings. The highest BCUT2D eigenvalue weighted by Crippen LogP contribution is 2.32. The molecule has 0 unspecified atom stereocenters. The van der Waals surface area contributed by atoms with E-state index < -0.39 is 18.5 Å². The SMILES string of the molecule is COc1ccc([C@@H]2OC[C@H]3OC=C[C@@H](OC(C)=O)[C@@H]3O2)cc1. The minimum atomic E-state index is -0.527. The van der Waals surface area contributed by atoms with E-state index in [4.69, 9.17) is 23.7 Å². The molecular weight excluding hydrogens is 288 g/mol. The van der Waals surface area contributed by atoms with Crippen molar-refractivity contribution in [3.63, 3.8) is 0 Å².